The lowest BCUT2D eigenvalue weighted by Gasteiger charge is -2.30. The summed E-state index contributed by atoms with van der Waals surface area (Å²) in [6, 6.07) is 13.3. The van der Waals surface area contributed by atoms with Gasteiger partial charge in [0.05, 0.1) is 0 Å². The molecule has 3 heterocycles. The highest BCUT2D eigenvalue weighted by Crippen LogP contribution is 2.35. The third-order valence-electron chi connectivity index (χ3n) is 5.34. The van der Waals surface area contributed by atoms with Crippen LogP contribution in [-0.2, 0) is 21.4 Å². The van der Waals surface area contributed by atoms with Gasteiger partial charge >= 0.3 is 0 Å². The lowest BCUT2D eigenvalue weighted by molar-refractivity contribution is -0.133. The Hall–Kier alpha value is -1.70. The average Bonchev–Trinajstić information content (AvgIpc) is 3.29. The summed E-state index contributed by atoms with van der Waals surface area (Å²) >= 11 is 1.25. The van der Waals surface area contributed by atoms with Crippen LogP contribution in [0.25, 0.3) is 0 Å². The molecular formula is C19H22N2O3S2. The topological polar surface area (TPSA) is 57.7 Å². The van der Waals surface area contributed by atoms with E-state index in [1.54, 1.807) is 21.8 Å². The number of hydrogen-bond donors (Lipinski definition) is 0. The van der Waals surface area contributed by atoms with Crippen LogP contribution in [-0.4, -0.2) is 42.7 Å². The number of amides is 1. The fourth-order valence-electron chi connectivity index (χ4n) is 4.02. The van der Waals surface area contributed by atoms with Crippen molar-refractivity contribution in [3.05, 3.63) is 53.4 Å². The first-order valence-electron chi connectivity index (χ1n) is 8.93. The van der Waals surface area contributed by atoms with Crippen LogP contribution in [0.1, 0.15) is 24.8 Å². The van der Waals surface area contributed by atoms with E-state index < -0.39 is 10.0 Å². The standard InChI is InChI=1S/C19H22N2O3S2/c22-18-9-4-8-16-13-20(26(23,24)19-10-5-11-25-19)14-17(16)21(18)12-15-6-2-1-3-7-15/h1-3,5-7,10-11,16-17H,4,8-9,12-14H2. The van der Waals surface area contributed by atoms with Gasteiger partial charge in [-0.25, -0.2) is 8.42 Å². The maximum absolute atomic E-state index is 12.9. The number of thiophene rings is 1. The molecule has 0 bridgehead atoms. The van der Waals surface area contributed by atoms with E-state index in [0.717, 1.165) is 18.4 Å². The monoisotopic (exact) mass is 390 g/mol. The summed E-state index contributed by atoms with van der Waals surface area (Å²) in [5.74, 6) is 0.344. The maximum Gasteiger partial charge on any atom is 0.252 e. The van der Waals surface area contributed by atoms with Gasteiger partial charge in [-0.05, 0) is 35.8 Å². The zero-order valence-corrected chi connectivity index (χ0v) is 16.1. The smallest absolute Gasteiger partial charge is 0.252 e. The molecule has 2 aromatic rings. The molecule has 0 N–H and O–H groups in total. The van der Waals surface area contributed by atoms with Gasteiger partial charge in [0.1, 0.15) is 4.21 Å². The Kier molecular flexibility index (Phi) is 4.86. The van der Waals surface area contributed by atoms with Gasteiger partial charge < -0.3 is 4.90 Å². The molecule has 138 valence electrons. The van der Waals surface area contributed by atoms with E-state index in [1.165, 1.54) is 11.3 Å². The minimum Gasteiger partial charge on any atom is -0.334 e. The number of fused-ring (bicyclic) bond motifs is 1. The number of carbonyl (C=O) groups excluding carboxylic acids is 1. The van der Waals surface area contributed by atoms with Gasteiger partial charge in [0.2, 0.25) is 5.91 Å². The first-order valence-corrected chi connectivity index (χ1v) is 11.2. The second-order valence-electron chi connectivity index (χ2n) is 6.98. The molecule has 0 radical (unpaired) electrons. The maximum atomic E-state index is 12.9. The van der Waals surface area contributed by atoms with Crippen molar-refractivity contribution in [1.29, 1.82) is 0 Å². The summed E-state index contributed by atoms with van der Waals surface area (Å²) in [7, 11) is -3.47. The van der Waals surface area contributed by atoms with Crippen molar-refractivity contribution in [2.24, 2.45) is 5.92 Å². The third kappa shape index (κ3) is 3.31. The minimum absolute atomic E-state index is 0.0417. The zero-order chi connectivity index (χ0) is 18.1. The van der Waals surface area contributed by atoms with Gasteiger partial charge in [0, 0.05) is 32.1 Å². The van der Waals surface area contributed by atoms with Crippen LogP contribution in [0.15, 0.2) is 52.1 Å². The van der Waals surface area contributed by atoms with E-state index in [1.807, 2.05) is 35.2 Å². The molecule has 1 aromatic carbocycles. The van der Waals surface area contributed by atoms with E-state index in [0.29, 0.717) is 30.3 Å². The lowest BCUT2D eigenvalue weighted by Crippen LogP contribution is -2.43. The highest BCUT2D eigenvalue weighted by molar-refractivity contribution is 7.91. The largest absolute Gasteiger partial charge is 0.334 e. The predicted molar refractivity (Wildman–Crippen MR) is 101 cm³/mol. The van der Waals surface area contributed by atoms with Crippen LogP contribution >= 0.6 is 11.3 Å². The molecular weight excluding hydrogens is 368 g/mol. The van der Waals surface area contributed by atoms with Crippen LogP contribution in [0.3, 0.4) is 0 Å². The van der Waals surface area contributed by atoms with Gasteiger partial charge in [0.25, 0.3) is 10.0 Å². The Morgan fingerprint density at radius 2 is 1.88 bits per heavy atom. The van der Waals surface area contributed by atoms with Crippen LogP contribution in [0.4, 0.5) is 0 Å². The fraction of sp³-hybridized carbons (Fsp3) is 0.421. The number of carbonyl (C=O) groups is 1. The number of hydrogen-bond acceptors (Lipinski definition) is 4. The van der Waals surface area contributed by atoms with E-state index >= 15 is 0 Å². The summed E-state index contributed by atoms with van der Waals surface area (Å²) in [5, 5.41) is 1.78. The van der Waals surface area contributed by atoms with Gasteiger partial charge in [-0.1, -0.05) is 36.4 Å². The fourth-order valence-corrected chi connectivity index (χ4v) is 6.67. The Labute approximate surface area is 158 Å². The second kappa shape index (κ2) is 7.13. The highest BCUT2D eigenvalue weighted by Gasteiger charge is 2.44. The number of likely N-dealkylation sites (tertiary alicyclic amines) is 1. The number of sulfonamides is 1. The quantitative estimate of drug-likeness (QED) is 0.806. The molecule has 2 aliphatic heterocycles. The van der Waals surface area contributed by atoms with Crippen molar-refractivity contribution in [2.75, 3.05) is 13.1 Å². The van der Waals surface area contributed by atoms with Crippen molar-refractivity contribution in [3.8, 4) is 0 Å². The van der Waals surface area contributed by atoms with Gasteiger partial charge in [-0.2, -0.15) is 4.31 Å². The molecule has 2 unspecified atom stereocenters. The Morgan fingerprint density at radius 3 is 2.62 bits per heavy atom. The molecule has 1 amide bonds. The van der Waals surface area contributed by atoms with Crippen molar-refractivity contribution >= 4 is 27.3 Å². The van der Waals surface area contributed by atoms with E-state index in [2.05, 4.69) is 0 Å². The summed E-state index contributed by atoms with van der Waals surface area (Å²) < 4.78 is 27.8. The van der Waals surface area contributed by atoms with Gasteiger partial charge in [0.15, 0.2) is 0 Å². The van der Waals surface area contributed by atoms with Crippen molar-refractivity contribution in [3.63, 3.8) is 0 Å². The first kappa shape index (κ1) is 17.7. The molecule has 2 aliphatic rings. The number of benzene rings is 1. The van der Waals surface area contributed by atoms with Crippen molar-refractivity contribution in [1.82, 2.24) is 9.21 Å². The predicted octanol–water partition coefficient (Wildman–Crippen LogP) is 2.95. The molecule has 4 rings (SSSR count). The third-order valence-corrected chi connectivity index (χ3v) is 8.55. The van der Waals surface area contributed by atoms with E-state index in [-0.39, 0.29) is 17.9 Å². The number of rotatable bonds is 4. The normalized spacial score (nSPS) is 24.5. The molecule has 5 nitrogen and oxygen atoms in total. The van der Waals surface area contributed by atoms with Crippen molar-refractivity contribution < 1.29 is 13.2 Å². The van der Waals surface area contributed by atoms with Crippen LogP contribution in [0, 0.1) is 5.92 Å². The Morgan fingerprint density at radius 1 is 1.08 bits per heavy atom. The summed E-state index contributed by atoms with van der Waals surface area (Å²) in [4.78, 5) is 14.6. The molecule has 1 aromatic heterocycles. The van der Waals surface area contributed by atoms with E-state index in [4.69, 9.17) is 0 Å². The molecule has 2 atom stereocenters. The Bertz CT molecular complexity index is 865. The molecule has 0 aliphatic carbocycles. The van der Waals surface area contributed by atoms with Crippen molar-refractivity contribution in [2.45, 2.75) is 36.1 Å². The summed E-state index contributed by atoms with van der Waals surface area (Å²) in [5.41, 5.74) is 1.08. The zero-order valence-electron chi connectivity index (χ0n) is 14.5. The van der Waals surface area contributed by atoms with Gasteiger partial charge in [-0.3, -0.25) is 4.79 Å². The number of nitrogens with zero attached hydrogens (tertiary/aromatic N) is 2. The van der Waals surface area contributed by atoms with Crippen LogP contribution < -0.4 is 0 Å². The molecule has 2 fully saturated rings. The average molecular weight is 391 g/mol. The SMILES string of the molecule is O=C1CCCC2CN(S(=O)(=O)c3cccs3)CC2N1Cc1ccccc1. The van der Waals surface area contributed by atoms with E-state index in [9.17, 15) is 13.2 Å². The molecule has 0 spiro atoms. The van der Waals surface area contributed by atoms with Gasteiger partial charge in [-0.15, -0.1) is 11.3 Å². The molecule has 0 saturated carbocycles. The molecule has 2 saturated heterocycles. The second-order valence-corrected chi connectivity index (χ2v) is 10.1. The highest BCUT2D eigenvalue weighted by atomic mass is 32.2. The molecule has 7 heteroatoms. The lowest BCUT2D eigenvalue weighted by atomic mass is 9.98. The van der Waals surface area contributed by atoms with Crippen LogP contribution in [0.2, 0.25) is 0 Å². The minimum atomic E-state index is -3.47. The summed E-state index contributed by atoms with van der Waals surface area (Å²) in [6.45, 7) is 1.45. The van der Waals surface area contributed by atoms with Crippen LogP contribution in [0.5, 0.6) is 0 Å². The molecule has 26 heavy (non-hydrogen) atoms. The summed E-state index contributed by atoms with van der Waals surface area (Å²) in [6.07, 6.45) is 2.29. The first-order chi connectivity index (χ1) is 12.6. The Balaban J connectivity index is 1.59.